The molecule has 0 amide bonds. The number of aryl methyl sites for hydroxylation is 1. The third kappa shape index (κ3) is 2.72. The van der Waals surface area contributed by atoms with Gasteiger partial charge in [0, 0.05) is 12.5 Å². The monoisotopic (exact) mass is 303 g/mol. The number of nitrogens with zero attached hydrogens (tertiary/aromatic N) is 1. The van der Waals surface area contributed by atoms with Crippen LogP contribution in [0, 0.1) is 12.7 Å². The zero-order valence-electron chi connectivity index (χ0n) is 10.5. The SMILES string of the molecule is CC(=O)c1sc(-c2ccc(C(F)(F)F)c(F)c2)nc1C. The third-order valence-electron chi connectivity index (χ3n) is 2.64. The van der Waals surface area contributed by atoms with Crippen molar-refractivity contribution in [3.8, 4) is 10.6 Å². The summed E-state index contributed by atoms with van der Waals surface area (Å²) in [5, 5.41) is 0.320. The van der Waals surface area contributed by atoms with E-state index in [-0.39, 0.29) is 11.3 Å². The van der Waals surface area contributed by atoms with Crippen LogP contribution >= 0.6 is 11.3 Å². The zero-order chi connectivity index (χ0) is 15.1. The Kier molecular flexibility index (Phi) is 3.64. The minimum Gasteiger partial charge on any atom is -0.294 e. The Hall–Kier alpha value is -1.76. The maximum Gasteiger partial charge on any atom is 0.419 e. The topological polar surface area (TPSA) is 30.0 Å². The van der Waals surface area contributed by atoms with Gasteiger partial charge in [-0.15, -0.1) is 11.3 Å². The molecule has 2 rings (SSSR count). The van der Waals surface area contributed by atoms with Gasteiger partial charge in [0.05, 0.1) is 16.1 Å². The summed E-state index contributed by atoms with van der Waals surface area (Å²) in [7, 11) is 0. The van der Waals surface area contributed by atoms with Crippen molar-refractivity contribution in [1.82, 2.24) is 4.98 Å². The lowest BCUT2D eigenvalue weighted by Gasteiger charge is -2.08. The van der Waals surface area contributed by atoms with E-state index in [9.17, 15) is 22.4 Å². The number of carbonyl (C=O) groups is 1. The van der Waals surface area contributed by atoms with E-state index in [0.29, 0.717) is 21.6 Å². The van der Waals surface area contributed by atoms with E-state index in [2.05, 4.69) is 4.98 Å². The molecule has 0 radical (unpaired) electrons. The van der Waals surface area contributed by atoms with E-state index >= 15 is 0 Å². The van der Waals surface area contributed by atoms with E-state index in [4.69, 9.17) is 0 Å². The Morgan fingerprint density at radius 2 is 1.95 bits per heavy atom. The van der Waals surface area contributed by atoms with Crippen LogP contribution in [0.2, 0.25) is 0 Å². The number of hydrogen-bond acceptors (Lipinski definition) is 3. The van der Waals surface area contributed by atoms with Crippen LogP contribution in [0.5, 0.6) is 0 Å². The van der Waals surface area contributed by atoms with Crippen molar-refractivity contribution in [2.75, 3.05) is 0 Å². The number of ketones is 1. The maximum atomic E-state index is 13.5. The highest BCUT2D eigenvalue weighted by molar-refractivity contribution is 7.17. The summed E-state index contributed by atoms with van der Waals surface area (Å²) in [4.78, 5) is 15.8. The molecule has 0 saturated heterocycles. The van der Waals surface area contributed by atoms with Gasteiger partial charge in [-0.05, 0) is 19.1 Å². The van der Waals surface area contributed by atoms with Crippen LogP contribution in [0.15, 0.2) is 18.2 Å². The molecule has 0 fully saturated rings. The van der Waals surface area contributed by atoms with Crippen molar-refractivity contribution in [1.29, 1.82) is 0 Å². The lowest BCUT2D eigenvalue weighted by Crippen LogP contribution is -2.07. The maximum absolute atomic E-state index is 13.5. The zero-order valence-corrected chi connectivity index (χ0v) is 11.3. The number of hydrogen-bond donors (Lipinski definition) is 0. The summed E-state index contributed by atoms with van der Waals surface area (Å²) in [6.45, 7) is 2.99. The number of halogens is 4. The number of aromatic nitrogens is 1. The normalized spacial score (nSPS) is 11.7. The minimum absolute atomic E-state index is 0.182. The van der Waals surface area contributed by atoms with Crippen molar-refractivity contribution in [2.45, 2.75) is 20.0 Å². The molecular weight excluding hydrogens is 294 g/mol. The van der Waals surface area contributed by atoms with Gasteiger partial charge in [-0.2, -0.15) is 13.2 Å². The molecule has 2 aromatic rings. The smallest absolute Gasteiger partial charge is 0.294 e. The van der Waals surface area contributed by atoms with Gasteiger partial charge >= 0.3 is 6.18 Å². The number of alkyl halides is 3. The van der Waals surface area contributed by atoms with Crippen LogP contribution in [-0.4, -0.2) is 10.8 Å². The molecule has 1 aromatic heterocycles. The van der Waals surface area contributed by atoms with Gasteiger partial charge in [-0.3, -0.25) is 4.79 Å². The van der Waals surface area contributed by atoms with Crippen LogP contribution in [0.1, 0.15) is 27.9 Å². The highest BCUT2D eigenvalue weighted by atomic mass is 32.1. The molecule has 7 heteroatoms. The average Bonchev–Trinajstić information content (AvgIpc) is 2.69. The second-order valence-electron chi connectivity index (χ2n) is 4.18. The summed E-state index contributed by atoms with van der Waals surface area (Å²) in [6.07, 6.45) is -4.73. The first-order valence-electron chi connectivity index (χ1n) is 5.55. The van der Waals surface area contributed by atoms with Gasteiger partial charge < -0.3 is 0 Å². The fourth-order valence-corrected chi connectivity index (χ4v) is 2.68. The third-order valence-corrected chi connectivity index (χ3v) is 3.95. The summed E-state index contributed by atoms with van der Waals surface area (Å²) < 4.78 is 50.9. The van der Waals surface area contributed by atoms with Crippen molar-refractivity contribution < 1.29 is 22.4 Å². The molecule has 0 bridgehead atoms. The Bertz CT molecular complexity index is 675. The predicted molar refractivity (Wildman–Crippen MR) is 67.3 cm³/mol. The van der Waals surface area contributed by atoms with Gasteiger partial charge in [0.2, 0.25) is 0 Å². The largest absolute Gasteiger partial charge is 0.419 e. The Balaban J connectivity index is 2.47. The van der Waals surface area contributed by atoms with Crippen LogP contribution in [0.25, 0.3) is 10.6 Å². The highest BCUT2D eigenvalue weighted by Gasteiger charge is 2.34. The molecule has 0 unspecified atom stereocenters. The molecule has 0 aliphatic carbocycles. The molecule has 0 saturated carbocycles. The lowest BCUT2D eigenvalue weighted by atomic mass is 10.1. The van der Waals surface area contributed by atoms with Crippen LogP contribution in [-0.2, 0) is 6.18 Å². The molecule has 0 atom stereocenters. The van der Waals surface area contributed by atoms with Gasteiger partial charge in [-0.1, -0.05) is 6.07 Å². The number of benzene rings is 1. The molecule has 0 aliphatic heterocycles. The molecule has 1 heterocycles. The van der Waals surface area contributed by atoms with E-state index < -0.39 is 17.6 Å². The minimum atomic E-state index is -4.73. The van der Waals surface area contributed by atoms with E-state index in [1.165, 1.54) is 6.92 Å². The molecule has 106 valence electrons. The molecule has 0 spiro atoms. The van der Waals surface area contributed by atoms with Crippen molar-refractivity contribution in [2.24, 2.45) is 0 Å². The summed E-state index contributed by atoms with van der Waals surface area (Å²) >= 11 is 1.03. The first kappa shape index (κ1) is 14.6. The standard InChI is InChI=1S/C13H9F4NOS/c1-6-11(7(2)19)20-12(18-6)8-3-4-9(10(14)5-8)13(15,16)17/h3-5H,1-2H3. The van der Waals surface area contributed by atoms with Crippen molar-refractivity contribution >= 4 is 17.1 Å². The fraction of sp³-hybridized carbons (Fsp3) is 0.231. The number of Topliss-reactive ketones (excluding diaryl/α,β-unsaturated/α-hetero) is 1. The van der Waals surface area contributed by atoms with Crippen molar-refractivity contribution in [3.05, 3.63) is 40.2 Å². The van der Waals surface area contributed by atoms with Gasteiger partial charge in [0.25, 0.3) is 0 Å². The van der Waals surface area contributed by atoms with Crippen LogP contribution in [0.4, 0.5) is 17.6 Å². The molecule has 2 nitrogen and oxygen atoms in total. The Morgan fingerprint density at radius 3 is 2.40 bits per heavy atom. The van der Waals surface area contributed by atoms with E-state index in [1.807, 2.05) is 0 Å². The number of rotatable bonds is 2. The number of thiazole rings is 1. The molecule has 20 heavy (non-hydrogen) atoms. The fourth-order valence-electron chi connectivity index (χ4n) is 1.72. The van der Waals surface area contributed by atoms with E-state index in [0.717, 1.165) is 23.5 Å². The lowest BCUT2D eigenvalue weighted by molar-refractivity contribution is -0.139. The molecule has 1 aromatic carbocycles. The summed E-state index contributed by atoms with van der Waals surface area (Å²) in [6, 6.07) is 2.61. The highest BCUT2D eigenvalue weighted by Crippen LogP contribution is 2.35. The summed E-state index contributed by atoms with van der Waals surface area (Å²) in [5.74, 6) is -1.54. The van der Waals surface area contributed by atoms with Crippen LogP contribution < -0.4 is 0 Å². The van der Waals surface area contributed by atoms with Gasteiger partial charge in [0.1, 0.15) is 10.8 Å². The van der Waals surface area contributed by atoms with E-state index in [1.54, 1.807) is 6.92 Å². The van der Waals surface area contributed by atoms with Gasteiger partial charge in [0.15, 0.2) is 5.78 Å². The van der Waals surface area contributed by atoms with Gasteiger partial charge in [-0.25, -0.2) is 9.37 Å². The molecule has 0 N–H and O–H groups in total. The quantitative estimate of drug-likeness (QED) is 0.605. The first-order chi connectivity index (χ1) is 9.20. The Morgan fingerprint density at radius 1 is 1.30 bits per heavy atom. The van der Waals surface area contributed by atoms with Crippen LogP contribution in [0.3, 0.4) is 0 Å². The molecular formula is C13H9F4NOS. The second-order valence-corrected chi connectivity index (χ2v) is 5.18. The summed E-state index contributed by atoms with van der Waals surface area (Å²) in [5.41, 5.74) is -0.616. The van der Waals surface area contributed by atoms with Crippen molar-refractivity contribution in [3.63, 3.8) is 0 Å². The molecule has 0 aliphatic rings. The second kappa shape index (κ2) is 4.97. The average molecular weight is 303 g/mol. The predicted octanol–water partition coefficient (Wildman–Crippen LogP) is 4.48. The Labute approximate surface area is 116 Å². The number of carbonyl (C=O) groups excluding carboxylic acids is 1. The first-order valence-corrected chi connectivity index (χ1v) is 6.37.